The summed E-state index contributed by atoms with van der Waals surface area (Å²) in [7, 11) is 3.06. The van der Waals surface area contributed by atoms with Gasteiger partial charge in [0.15, 0.2) is 0 Å². The van der Waals surface area contributed by atoms with Gasteiger partial charge in [-0.2, -0.15) is 0 Å². The van der Waals surface area contributed by atoms with E-state index in [1.165, 1.54) is 23.4 Å². The van der Waals surface area contributed by atoms with Crippen molar-refractivity contribution in [1.82, 2.24) is 15.3 Å². The Hall–Kier alpha value is -4.35. The number of carbonyl (C=O) groups excluding carboxylic acids is 4. The third-order valence-electron chi connectivity index (χ3n) is 8.31. The topological polar surface area (TPSA) is 178 Å². The van der Waals surface area contributed by atoms with Crippen LogP contribution in [-0.2, 0) is 43.5 Å². The molecule has 6 rings (SSSR count). The summed E-state index contributed by atoms with van der Waals surface area (Å²) in [6.45, 7) is 3.44. The molecular formula is C38H33Cl4N3O8Pt. The van der Waals surface area contributed by atoms with Gasteiger partial charge in [-0.1, -0.05) is 23.2 Å². The molecule has 0 fully saturated rings. The second-order valence-electron chi connectivity index (χ2n) is 11.3. The van der Waals surface area contributed by atoms with Crippen molar-refractivity contribution in [2.24, 2.45) is 0 Å². The minimum atomic E-state index is -1.20. The van der Waals surface area contributed by atoms with Crippen molar-refractivity contribution < 1.29 is 84.7 Å². The van der Waals surface area contributed by atoms with Crippen molar-refractivity contribution in [2.75, 3.05) is 14.2 Å². The van der Waals surface area contributed by atoms with E-state index in [1.54, 1.807) is 98.8 Å². The van der Waals surface area contributed by atoms with E-state index in [4.69, 9.17) is 32.7 Å². The molecule has 54 heavy (non-hydrogen) atoms. The minimum absolute atomic E-state index is 0. The first-order valence-corrected chi connectivity index (χ1v) is 16.0. The largest absolute Gasteiger partial charge is 4.00 e. The van der Waals surface area contributed by atoms with Crippen LogP contribution in [0.3, 0.4) is 0 Å². The monoisotopic (exact) mass is 994 g/mol. The summed E-state index contributed by atoms with van der Waals surface area (Å²) in [4.78, 5) is 48.3. The van der Waals surface area contributed by atoms with Gasteiger partial charge in [0.1, 0.15) is 11.5 Å². The van der Waals surface area contributed by atoms with Crippen molar-refractivity contribution in [3.8, 4) is 11.5 Å². The van der Waals surface area contributed by atoms with Crippen LogP contribution in [0.2, 0.25) is 10.0 Å². The third-order valence-corrected chi connectivity index (χ3v) is 8.82. The van der Waals surface area contributed by atoms with Crippen LogP contribution in [0.15, 0.2) is 84.9 Å². The van der Waals surface area contributed by atoms with E-state index in [9.17, 15) is 29.4 Å². The number of methoxy groups -OCH3 is 2. The van der Waals surface area contributed by atoms with E-state index < -0.39 is 11.9 Å². The number of carboxylic acids is 2. The number of hydrogen-bond acceptors (Lipinski definition) is 9. The van der Waals surface area contributed by atoms with Crippen LogP contribution in [-0.4, -0.2) is 47.1 Å². The molecule has 16 heteroatoms. The Balaban J connectivity index is 0.000000503. The quantitative estimate of drug-likeness (QED) is 0.208. The first-order valence-electron chi connectivity index (χ1n) is 15.2. The number of nitrogens with zero attached hydrogens (tertiary/aromatic N) is 2. The second kappa shape index (κ2) is 20.4. The van der Waals surface area contributed by atoms with E-state index in [2.05, 4.69) is 0 Å². The fourth-order valence-corrected chi connectivity index (χ4v) is 6.13. The van der Waals surface area contributed by atoms with Crippen LogP contribution >= 0.6 is 23.2 Å². The summed E-state index contributed by atoms with van der Waals surface area (Å²) >= 11 is 11.8. The number of rotatable bonds is 8. The Morgan fingerprint density at radius 2 is 0.907 bits per heavy atom. The maximum Gasteiger partial charge on any atom is 4.00 e. The average Bonchev–Trinajstić information content (AvgIpc) is 3.52. The maximum atomic E-state index is 13.0. The summed E-state index contributed by atoms with van der Waals surface area (Å²) in [5.41, 5.74) is 4.36. The maximum absolute atomic E-state index is 13.0. The Kier molecular flexibility index (Phi) is 18.0. The number of fused-ring (bicyclic) bond motifs is 2. The van der Waals surface area contributed by atoms with Gasteiger partial charge in [0.05, 0.1) is 25.3 Å². The molecule has 11 nitrogen and oxygen atoms in total. The Morgan fingerprint density at radius 3 is 1.19 bits per heavy atom. The summed E-state index contributed by atoms with van der Waals surface area (Å²) in [6.07, 6.45) is -0.563. The molecule has 0 aliphatic carbocycles. The molecule has 3 N–H and O–H groups in total. The van der Waals surface area contributed by atoms with Gasteiger partial charge in [0.25, 0.3) is 11.8 Å². The van der Waals surface area contributed by atoms with E-state index >= 15 is 0 Å². The Labute approximate surface area is 347 Å². The van der Waals surface area contributed by atoms with Crippen LogP contribution in [0.25, 0.3) is 21.8 Å². The molecule has 2 heterocycles. The molecule has 0 unspecified atom stereocenters. The molecule has 0 aliphatic rings. The number of aromatic nitrogens is 2. The molecule has 4 aromatic carbocycles. The normalized spacial score (nSPS) is 10.0. The molecule has 0 bridgehead atoms. The number of carboxylic acid groups (broad SMARTS) is 2. The van der Waals surface area contributed by atoms with Crippen molar-refractivity contribution >= 4 is 68.8 Å². The number of aliphatic carboxylic acids is 2. The van der Waals surface area contributed by atoms with E-state index in [1.807, 2.05) is 0 Å². The molecule has 0 aliphatic heterocycles. The van der Waals surface area contributed by atoms with Gasteiger partial charge in [-0.05, 0) is 110 Å². The van der Waals surface area contributed by atoms with Crippen LogP contribution in [0.1, 0.15) is 43.2 Å². The van der Waals surface area contributed by atoms with Crippen molar-refractivity contribution in [2.45, 2.75) is 26.7 Å². The van der Waals surface area contributed by atoms with Gasteiger partial charge < -0.3 is 60.2 Å². The summed E-state index contributed by atoms with van der Waals surface area (Å²) in [5, 5.41) is 24.7. The standard InChI is InChI=1S/2C19H16ClNO4.2ClH.H3N.Pt/c2*1-11-15(10-18(22)23)16-9-14(25-2)7-8-17(16)21(11)19(24)12-3-5-13(20)6-4-12;;;;/h2*3-9H,10H2,1-2H3,(H,22,23);2*1H;1H3;/q;;;;;+4/p-4. The summed E-state index contributed by atoms with van der Waals surface area (Å²) < 4.78 is 13.5. The van der Waals surface area contributed by atoms with E-state index in [0.29, 0.717) is 77.0 Å². The molecule has 0 saturated carbocycles. The summed E-state index contributed by atoms with van der Waals surface area (Å²) in [5.74, 6) is -1.75. The van der Waals surface area contributed by atoms with Gasteiger partial charge in [-0.15, -0.1) is 0 Å². The third kappa shape index (κ3) is 10.0. The molecule has 0 amide bonds. The SMILES string of the molecule is COc1ccc2c(c1)c(CC(=O)[O-])c(C)n2C(=O)c1ccc(Cl)cc1.COc1ccc2c(c1)c(CC(=O)[O-])c(C)n2C(=O)c1ccc(Cl)cc1.N.[Cl-].[Cl-].[Pt+4]. The first-order chi connectivity index (χ1) is 23.8. The number of halogens is 4. The van der Waals surface area contributed by atoms with Gasteiger partial charge in [0.2, 0.25) is 0 Å². The molecule has 0 atom stereocenters. The Bertz CT molecular complexity index is 2130. The molecular weight excluding hydrogens is 963 g/mol. The van der Waals surface area contributed by atoms with E-state index in [-0.39, 0.29) is 76.7 Å². The van der Waals surface area contributed by atoms with E-state index in [0.717, 1.165) is 0 Å². The van der Waals surface area contributed by atoms with Gasteiger partial charge in [-0.3, -0.25) is 18.7 Å². The Morgan fingerprint density at radius 1 is 0.593 bits per heavy atom. The number of ether oxygens (including phenoxy) is 2. The summed E-state index contributed by atoms with van der Waals surface area (Å²) in [6, 6.07) is 23.5. The zero-order chi connectivity index (χ0) is 36.3. The number of benzene rings is 4. The van der Waals surface area contributed by atoms with Crippen LogP contribution in [0, 0.1) is 13.8 Å². The fourth-order valence-electron chi connectivity index (χ4n) is 5.88. The van der Waals surface area contributed by atoms with Gasteiger partial charge >= 0.3 is 21.1 Å². The van der Waals surface area contributed by atoms with Crippen LogP contribution in [0.5, 0.6) is 11.5 Å². The van der Waals surface area contributed by atoms with Crippen molar-refractivity contribution in [3.05, 3.63) is 129 Å². The minimum Gasteiger partial charge on any atom is -1.00 e. The zero-order valence-corrected chi connectivity index (χ0v) is 34.5. The van der Waals surface area contributed by atoms with Crippen LogP contribution < -0.4 is 50.7 Å². The fraction of sp³-hybridized carbons (Fsp3) is 0.158. The smallest absolute Gasteiger partial charge is 1.00 e. The van der Waals surface area contributed by atoms with Crippen molar-refractivity contribution in [3.63, 3.8) is 0 Å². The zero-order valence-electron chi connectivity index (χ0n) is 29.2. The molecule has 2 aromatic heterocycles. The van der Waals surface area contributed by atoms with Gasteiger partial charge in [-0.25, -0.2) is 0 Å². The number of hydrogen-bond donors (Lipinski definition) is 1. The second-order valence-corrected chi connectivity index (χ2v) is 12.2. The molecule has 6 aromatic rings. The van der Waals surface area contributed by atoms with Gasteiger partial charge in [0, 0.05) is 68.1 Å². The van der Waals surface area contributed by atoms with Crippen LogP contribution in [0.4, 0.5) is 0 Å². The van der Waals surface area contributed by atoms with Crippen molar-refractivity contribution in [1.29, 1.82) is 0 Å². The predicted octanol–water partition coefficient (Wildman–Crippen LogP) is -0.647. The average molecular weight is 997 g/mol. The molecule has 286 valence electrons. The molecule has 0 saturated heterocycles. The predicted molar refractivity (Wildman–Crippen MR) is 191 cm³/mol. The molecule has 0 radical (unpaired) electrons. The first kappa shape index (κ1) is 47.7. The number of carbonyl (C=O) groups is 4. The molecule has 0 spiro atoms.